The summed E-state index contributed by atoms with van der Waals surface area (Å²) in [5, 5.41) is 0. The van der Waals surface area contributed by atoms with E-state index in [-0.39, 0.29) is 0 Å². The van der Waals surface area contributed by atoms with Gasteiger partial charge in [0.15, 0.2) is 0 Å². The summed E-state index contributed by atoms with van der Waals surface area (Å²) >= 11 is 0. The van der Waals surface area contributed by atoms with Crippen molar-refractivity contribution in [1.29, 1.82) is 0 Å². The molecule has 0 radical (unpaired) electrons. The van der Waals surface area contributed by atoms with E-state index >= 15 is 0 Å². The summed E-state index contributed by atoms with van der Waals surface area (Å²) in [6.45, 7) is 2.89. The monoisotopic (exact) mass is 191 g/mol. The van der Waals surface area contributed by atoms with Gasteiger partial charge in [-0.3, -0.25) is 4.21 Å². The summed E-state index contributed by atoms with van der Waals surface area (Å²) in [5.74, 6) is 1.74. The second kappa shape index (κ2) is 9.20. The van der Waals surface area contributed by atoms with Gasteiger partial charge in [0.2, 0.25) is 0 Å². The third-order valence-electron chi connectivity index (χ3n) is 1.80. The van der Waals surface area contributed by atoms with E-state index in [0.29, 0.717) is 0 Å². The van der Waals surface area contributed by atoms with Gasteiger partial charge in [-0.05, 0) is 25.8 Å². The Hall–Kier alpha value is 0.110. The van der Waals surface area contributed by atoms with Crippen LogP contribution in [0.3, 0.4) is 0 Å². The zero-order valence-corrected chi connectivity index (χ0v) is 8.87. The maximum Gasteiger partial charge on any atom is 0.0235 e. The number of unbranched alkanes of at least 4 members (excludes halogenated alkanes) is 3. The van der Waals surface area contributed by atoms with Crippen molar-refractivity contribution in [1.82, 2.24) is 0 Å². The zero-order chi connectivity index (χ0) is 9.23. The molecule has 0 saturated carbocycles. The van der Waals surface area contributed by atoms with Crippen LogP contribution in [-0.4, -0.2) is 22.3 Å². The first kappa shape index (κ1) is 12.1. The van der Waals surface area contributed by atoms with Gasteiger partial charge in [-0.2, -0.15) is 0 Å². The molecule has 0 amide bonds. The van der Waals surface area contributed by atoms with Gasteiger partial charge in [0, 0.05) is 22.3 Å². The highest BCUT2D eigenvalue weighted by molar-refractivity contribution is 7.84. The molecule has 2 N–H and O–H groups in total. The molecule has 74 valence electrons. The molecule has 0 fully saturated rings. The molecule has 1 unspecified atom stereocenters. The number of hydrogen-bond donors (Lipinski definition) is 1. The Morgan fingerprint density at radius 1 is 1.08 bits per heavy atom. The SMILES string of the molecule is CCCCCS(=O)CCCCN. The maximum atomic E-state index is 11.3. The fraction of sp³-hybridized carbons (Fsp3) is 1.00. The second-order valence-electron chi connectivity index (χ2n) is 3.05. The minimum absolute atomic E-state index is 0.579. The van der Waals surface area contributed by atoms with Crippen LogP contribution in [0.4, 0.5) is 0 Å². The Labute approximate surface area is 78.4 Å². The van der Waals surface area contributed by atoms with Crippen LogP contribution in [0, 0.1) is 0 Å². The van der Waals surface area contributed by atoms with Crippen molar-refractivity contribution in [3.63, 3.8) is 0 Å². The van der Waals surface area contributed by atoms with E-state index < -0.39 is 10.8 Å². The van der Waals surface area contributed by atoms with Crippen LogP contribution in [0.15, 0.2) is 0 Å². The summed E-state index contributed by atoms with van der Waals surface area (Å²) in [6.07, 6.45) is 5.57. The fourth-order valence-electron chi connectivity index (χ4n) is 1.02. The van der Waals surface area contributed by atoms with Crippen LogP contribution < -0.4 is 5.73 Å². The Morgan fingerprint density at radius 3 is 2.17 bits per heavy atom. The first-order chi connectivity index (χ1) is 5.81. The summed E-state index contributed by atoms with van der Waals surface area (Å²) < 4.78 is 11.3. The molecular weight excluding hydrogens is 170 g/mol. The van der Waals surface area contributed by atoms with E-state index in [1.54, 1.807) is 0 Å². The van der Waals surface area contributed by atoms with Crippen molar-refractivity contribution in [2.45, 2.75) is 39.0 Å². The predicted octanol–water partition coefficient (Wildman–Crippen LogP) is 1.66. The van der Waals surface area contributed by atoms with Gasteiger partial charge in [0.05, 0.1) is 0 Å². The van der Waals surface area contributed by atoms with E-state index in [9.17, 15) is 4.21 Å². The van der Waals surface area contributed by atoms with Crippen molar-refractivity contribution in [2.24, 2.45) is 5.73 Å². The largest absolute Gasteiger partial charge is 0.330 e. The highest BCUT2D eigenvalue weighted by Crippen LogP contribution is 1.98. The second-order valence-corrected chi connectivity index (χ2v) is 4.75. The lowest BCUT2D eigenvalue weighted by Gasteiger charge is -2.00. The summed E-state index contributed by atoms with van der Waals surface area (Å²) in [5.41, 5.74) is 5.34. The fourth-order valence-corrected chi connectivity index (χ4v) is 2.28. The van der Waals surface area contributed by atoms with E-state index in [1.165, 1.54) is 12.8 Å². The van der Waals surface area contributed by atoms with Gasteiger partial charge in [0.25, 0.3) is 0 Å². The standard InChI is InChI=1S/C9H21NOS/c1-2-3-5-8-12(11)9-6-4-7-10/h2-10H2,1H3. The minimum atomic E-state index is -0.579. The molecule has 12 heavy (non-hydrogen) atoms. The highest BCUT2D eigenvalue weighted by atomic mass is 32.2. The summed E-state index contributed by atoms with van der Waals surface area (Å²) in [7, 11) is -0.579. The Balaban J connectivity index is 3.10. The molecule has 0 spiro atoms. The Morgan fingerprint density at radius 2 is 1.67 bits per heavy atom. The van der Waals surface area contributed by atoms with Gasteiger partial charge >= 0.3 is 0 Å². The maximum absolute atomic E-state index is 11.3. The van der Waals surface area contributed by atoms with Crippen molar-refractivity contribution in [3.05, 3.63) is 0 Å². The molecule has 0 saturated heterocycles. The van der Waals surface area contributed by atoms with E-state index in [2.05, 4.69) is 6.92 Å². The third kappa shape index (κ3) is 8.21. The molecule has 0 bridgehead atoms. The molecule has 2 nitrogen and oxygen atoms in total. The van der Waals surface area contributed by atoms with Crippen LogP contribution in [0.1, 0.15) is 39.0 Å². The molecule has 0 aromatic carbocycles. The molecule has 0 aliphatic heterocycles. The zero-order valence-electron chi connectivity index (χ0n) is 8.05. The highest BCUT2D eigenvalue weighted by Gasteiger charge is 1.97. The summed E-state index contributed by atoms with van der Waals surface area (Å²) in [4.78, 5) is 0. The average Bonchev–Trinajstić information content (AvgIpc) is 2.06. The van der Waals surface area contributed by atoms with Crippen molar-refractivity contribution in [2.75, 3.05) is 18.1 Å². The van der Waals surface area contributed by atoms with Gasteiger partial charge in [-0.1, -0.05) is 19.8 Å². The topological polar surface area (TPSA) is 43.1 Å². The Kier molecular flexibility index (Phi) is 9.28. The number of rotatable bonds is 8. The van der Waals surface area contributed by atoms with Crippen LogP contribution in [-0.2, 0) is 10.8 Å². The van der Waals surface area contributed by atoms with Crippen LogP contribution in [0.25, 0.3) is 0 Å². The predicted molar refractivity (Wildman–Crippen MR) is 55.7 cm³/mol. The van der Waals surface area contributed by atoms with Gasteiger partial charge in [-0.15, -0.1) is 0 Å². The lowest BCUT2D eigenvalue weighted by molar-refractivity contribution is 0.671. The number of hydrogen-bond acceptors (Lipinski definition) is 2. The van der Waals surface area contributed by atoms with E-state index in [1.807, 2.05) is 0 Å². The van der Waals surface area contributed by atoms with Crippen molar-refractivity contribution in [3.8, 4) is 0 Å². The van der Waals surface area contributed by atoms with Gasteiger partial charge in [0.1, 0.15) is 0 Å². The molecule has 0 aromatic heterocycles. The molecule has 0 aromatic rings. The molecule has 0 rings (SSSR count). The van der Waals surface area contributed by atoms with E-state index in [0.717, 1.165) is 37.3 Å². The van der Waals surface area contributed by atoms with Crippen LogP contribution in [0.5, 0.6) is 0 Å². The van der Waals surface area contributed by atoms with Crippen LogP contribution >= 0.6 is 0 Å². The molecule has 1 atom stereocenters. The smallest absolute Gasteiger partial charge is 0.0235 e. The third-order valence-corrected chi connectivity index (χ3v) is 3.29. The van der Waals surface area contributed by atoms with E-state index in [4.69, 9.17) is 5.73 Å². The Bertz CT molecular complexity index is 105. The first-order valence-electron chi connectivity index (χ1n) is 4.86. The first-order valence-corrected chi connectivity index (χ1v) is 6.35. The lowest BCUT2D eigenvalue weighted by Crippen LogP contribution is -2.05. The van der Waals surface area contributed by atoms with Gasteiger partial charge in [-0.25, -0.2) is 0 Å². The molecule has 3 heteroatoms. The van der Waals surface area contributed by atoms with Crippen molar-refractivity contribution < 1.29 is 4.21 Å². The molecular formula is C9H21NOS. The van der Waals surface area contributed by atoms with Crippen LogP contribution in [0.2, 0.25) is 0 Å². The number of nitrogens with two attached hydrogens (primary N) is 1. The minimum Gasteiger partial charge on any atom is -0.330 e. The molecule has 0 heterocycles. The van der Waals surface area contributed by atoms with Gasteiger partial charge < -0.3 is 5.73 Å². The molecule has 0 aliphatic rings. The van der Waals surface area contributed by atoms with Crippen molar-refractivity contribution >= 4 is 10.8 Å². The summed E-state index contributed by atoms with van der Waals surface area (Å²) in [6, 6.07) is 0. The average molecular weight is 191 g/mol. The normalized spacial score (nSPS) is 13.2. The lowest BCUT2D eigenvalue weighted by atomic mass is 10.3. The quantitative estimate of drug-likeness (QED) is 0.593. The molecule has 0 aliphatic carbocycles.